The minimum absolute atomic E-state index is 0.00259. The van der Waals surface area contributed by atoms with Crippen molar-refractivity contribution in [2.45, 2.75) is 17.8 Å². The average Bonchev–Trinajstić information content (AvgIpc) is 2.93. The molecule has 1 atom stereocenters. The molecule has 1 aromatic carbocycles. The van der Waals surface area contributed by atoms with Crippen LogP contribution < -0.4 is 9.47 Å². The second-order valence-corrected chi connectivity index (χ2v) is 4.42. The number of rotatable bonds is 2. The Kier molecular flexibility index (Phi) is 2.09. The van der Waals surface area contributed by atoms with Gasteiger partial charge in [0.05, 0.1) is 0 Å². The molecule has 1 fully saturated rings. The van der Waals surface area contributed by atoms with Gasteiger partial charge < -0.3 is 14.6 Å². The number of benzene rings is 1. The molecule has 1 aromatic rings. The first-order valence-electron chi connectivity index (χ1n) is 5.49. The van der Waals surface area contributed by atoms with Gasteiger partial charge >= 0.3 is 5.97 Å². The molecule has 1 saturated carbocycles. The summed E-state index contributed by atoms with van der Waals surface area (Å²) in [6.07, 6.45) is -0.699. The highest BCUT2D eigenvalue weighted by atomic mass is 19.3. The zero-order valence-electron chi connectivity index (χ0n) is 9.28. The van der Waals surface area contributed by atoms with Crippen LogP contribution >= 0.6 is 0 Å². The molecule has 96 valence electrons. The Morgan fingerprint density at radius 1 is 1.28 bits per heavy atom. The maximum Gasteiger partial charge on any atom is 0.320 e. The van der Waals surface area contributed by atoms with Gasteiger partial charge in [0.1, 0.15) is 13.2 Å². The van der Waals surface area contributed by atoms with Gasteiger partial charge in [-0.1, -0.05) is 12.1 Å². The number of hydrogen-bond acceptors (Lipinski definition) is 3. The van der Waals surface area contributed by atoms with Gasteiger partial charge in [0, 0.05) is 12.0 Å². The zero-order valence-corrected chi connectivity index (χ0v) is 9.28. The van der Waals surface area contributed by atoms with Crippen LogP contribution in [0.3, 0.4) is 0 Å². The number of halogens is 2. The number of para-hydroxylation sites is 1. The van der Waals surface area contributed by atoms with Crippen LogP contribution in [-0.4, -0.2) is 30.2 Å². The maximum absolute atomic E-state index is 13.5. The van der Waals surface area contributed by atoms with Gasteiger partial charge in [-0.05, 0) is 6.07 Å². The fourth-order valence-corrected chi connectivity index (χ4v) is 2.34. The van der Waals surface area contributed by atoms with Gasteiger partial charge in [-0.2, -0.15) is 0 Å². The zero-order chi connectivity index (χ0) is 13.0. The van der Waals surface area contributed by atoms with E-state index in [0.717, 1.165) is 0 Å². The van der Waals surface area contributed by atoms with Crippen molar-refractivity contribution in [2.75, 3.05) is 13.2 Å². The van der Waals surface area contributed by atoms with E-state index in [0.29, 0.717) is 12.4 Å². The molecule has 1 aliphatic heterocycles. The molecule has 0 amide bonds. The van der Waals surface area contributed by atoms with Crippen molar-refractivity contribution in [1.29, 1.82) is 0 Å². The first-order chi connectivity index (χ1) is 8.49. The lowest BCUT2D eigenvalue weighted by Gasteiger charge is -2.23. The van der Waals surface area contributed by atoms with Crippen LogP contribution in [-0.2, 0) is 10.2 Å². The molecule has 0 aromatic heterocycles. The third-order valence-electron chi connectivity index (χ3n) is 3.38. The summed E-state index contributed by atoms with van der Waals surface area (Å²) in [5, 5.41) is 9.12. The van der Waals surface area contributed by atoms with Gasteiger partial charge in [-0.25, -0.2) is 8.78 Å². The summed E-state index contributed by atoms with van der Waals surface area (Å²) in [5.74, 6) is -4.32. The van der Waals surface area contributed by atoms with Crippen molar-refractivity contribution in [3.63, 3.8) is 0 Å². The Morgan fingerprint density at radius 2 is 1.94 bits per heavy atom. The molecule has 1 aliphatic carbocycles. The smallest absolute Gasteiger partial charge is 0.320 e. The number of carboxylic acid groups (broad SMARTS) is 1. The Balaban J connectivity index is 2.15. The predicted octanol–water partition coefficient (Wildman–Crippen LogP) is 1.82. The molecule has 1 N–H and O–H groups in total. The van der Waals surface area contributed by atoms with Gasteiger partial charge in [0.2, 0.25) is 0 Å². The quantitative estimate of drug-likeness (QED) is 0.876. The maximum atomic E-state index is 13.5. The standard InChI is InChI=1S/C12H10F2O4/c13-12(14)6-11(12,10(15)16)7-2-1-3-8-9(7)18-5-4-17-8/h1-3H,4-6H2,(H,15,16). The van der Waals surface area contributed by atoms with Crippen molar-refractivity contribution in [1.82, 2.24) is 0 Å². The number of alkyl halides is 2. The monoisotopic (exact) mass is 256 g/mol. The normalized spacial score (nSPS) is 27.7. The molecule has 2 aliphatic rings. The van der Waals surface area contributed by atoms with Crippen LogP contribution in [0.15, 0.2) is 18.2 Å². The highest BCUT2D eigenvalue weighted by Crippen LogP contribution is 2.64. The summed E-state index contributed by atoms with van der Waals surface area (Å²) >= 11 is 0. The number of aliphatic carboxylic acids is 1. The summed E-state index contributed by atoms with van der Waals surface area (Å²) in [4.78, 5) is 11.2. The first kappa shape index (κ1) is 11.3. The van der Waals surface area contributed by atoms with Crippen molar-refractivity contribution in [2.24, 2.45) is 0 Å². The summed E-state index contributed by atoms with van der Waals surface area (Å²) in [7, 11) is 0. The molecule has 1 heterocycles. The minimum Gasteiger partial charge on any atom is -0.486 e. The van der Waals surface area contributed by atoms with Crippen LogP contribution in [0.4, 0.5) is 8.78 Å². The van der Waals surface area contributed by atoms with E-state index in [2.05, 4.69) is 0 Å². The van der Waals surface area contributed by atoms with E-state index in [1.54, 1.807) is 6.07 Å². The van der Waals surface area contributed by atoms with Crippen LogP contribution in [0.25, 0.3) is 0 Å². The highest BCUT2D eigenvalue weighted by molar-refractivity contribution is 5.89. The third kappa shape index (κ3) is 1.26. The molecule has 1 unspecified atom stereocenters. The van der Waals surface area contributed by atoms with E-state index in [9.17, 15) is 13.6 Å². The molecule has 0 bridgehead atoms. The summed E-state index contributed by atoms with van der Waals surface area (Å²) in [6.45, 7) is 0.554. The number of hydrogen-bond donors (Lipinski definition) is 1. The largest absolute Gasteiger partial charge is 0.486 e. The number of ether oxygens (including phenoxy) is 2. The summed E-state index contributed by atoms with van der Waals surface area (Å²) < 4.78 is 37.5. The molecule has 18 heavy (non-hydrogen) atoms. The van der Waals surface area contributed by atoms with Crippen LogP contribution in [0.1, 0.15) is 12.0 Å². The van der Waals surface area contributed by atoms with E-state index in [1.807, 2.05) is 0 Å². The topological polar surface area (TPSA) is 55.8 Å². The van der Waals surface area contributed by atoms with Crippen LogP contribution in [0.5, 0.6) is 11.5 Å². The lowest BCUT2D eigenvalue weighted by Crippen LogP contribution is -2.29. The van der Waals surface area contributed by atoms with E-state index in [-0.39, 0.29) is 17.9 Å². The van der Waals surface area contributed by atoms with Gasteiger partial charge in [0.15, 0.2) is 16.9 Å². The predicted molar refractivity (Wildman–Crippen MR) is 56.3 cm³/mol. The second-order valence-electron chi connectivity index (χ2n) is 4.42. The Labute approximate surface area is 101 Å². The van der Waals surface area contributed by atoms with E-state index in [4.69, 9.17) is 14.6 Å². The van der Waals surface area contributed by atoms with Gasteiger partial charge in [-0.15, -0.1) is 0 Å². The van der Waals surface area contributed by atoms with Crippen LogP contribution in [0.2, 0.25) is 0 Å². The SMILES string of the molecule is O=C(O)C1(c2cccc3c2OCCO3)CC1(F)F. The molecule has 0 radical (unpaired) electrons. The van der Waals surface area contributed by atoms with Crippen molar-refractivity contribution >= 4 is 5.97 Å². The van der Waals surface area contributed by atoms with Gasteiger partial charge in [0.25, 0.3) is 5.92 Å². The summed E-state index contributed by atoms with van der Waals surface area (Å²) in [6, 6.07) is 4.44. The van der Waals surface area contributed by atoms with E-state index in [1.165, 1.54) is 12.1 Å². The molecule has 0 saturated heterocycles. The van der Waals surface area contributed by atoms with Crippen LogP contribution in [0, 0.1) is 0 Å². The second kappa shape index (κ2) is 3.34. The fraction of sp³-hybridized carbons (Fsp3) is 0.417. The van der Waals surface area contributed by atoms with Gasteiger partial charge in [-0.3, -0.25) is 4.79 Å². The van der Waals surface area contributed by atoms with E-state index < -0.39 is 23.7 Å². The number of carbonyl (C=O) groups is 1. The first-order valence-corrected chi connectivity index (χ1v) is 5.49. The molecule has 0 spiro atoms. The Bertz CT molecular complexity index is 529. The number of fused-ring (bicyclic) bond motifs is 1. The lowest BCUT2D eigenvalue weighted by molar-refractivity contribution is -0.143. The molecular weight excluding hydrogens is 246 g/mol. The van der Waals surface area contributed by atoms with Crippen molar-refractivity contribution in [3.05, 3.63) is 23.8 Å². The highest BCUT2D eigenvalue weighted by Gasteiger charge is 2.78. The Morgan fingerprint density at radius 3 is 2.56 bits per heavy atom. The van der Waals surface area contributed by atoms with Crippen molar-refractivity contribution in [3.8, 4) is 11.5 Å². The average molecular weight is 256 g/mol. The van der Waals surface area contributed by atoms with E-state index >= 15 is 0 Å². The number of carboxylic acids is 1. The lowest BCUT2D eigenvalue weighted by atomic mass is 9.94. The molecular formula is C12H10F2O4. The minimum atomic E-state index is -3.24. The summed E-state index contributed by atoms with van der Waals surface area (Å²) in [5.41, 5.74) is -2.17. The van der Waals surface area contributed by atoms with Crippen molar-refractivity contribution < 1.29 is 28.2 Å². The molecule has 3 rings (SSSR count). The Hall–Kier alpha value is -1.85. The third-order valence-corrected chi connectivity index (χ3v) is 3.38. The molecule has 6 heteroatoms. The molecule has 4 nitrogen and oxygen atoms in total. The fourth-order valence-electron chi connectivity index (χ4n) is 2.34.